The van der Waals surface area contributed by atoms with Gasteiger partial charge in [-0.25, -0.2) is 12.7 Å². The number of carbonyl (C=O) groups is 1. The number of aryl methyl sites for hydroxylation is 1. The number of benzene rings is 2. The third-order valence-corrected chi connectivity index (χ3v) is 8.02. The third kappa shape index (κ3) is 3.76. The minimum absolute atomic E-state index is 0.0588. The number of nitrogens with one attached hydrogen (secondary N) is 1. The molecule has 1 N–H and O–H groups in total. The number of rotatable bonds is 5. The van der Waals surface area contributed by atoms with Crippen LogP contribution in [0.15, 0.2) is 87.5 Å². The Bertz CT molecular complexity index is 1310. The van der Waals surface area contributed by atoms with Gasteiger partial charge in [0.1, 0.15) is 11.8 Å². The van der Waals surface area contributed by atoms with Crippen LogP contribution in [-0.2, 0) is 21.2 Å². The number of carbonyl (C=O) groups excluding carboxylic acids is 1. The van der Waals surface area contributed by atoms with Gasteiger partial charge < -0.3 is 9.73 Å². The van der Waals surface area contributed by atoms with Crippen molar-refractivity contribution in [3.8, 4) is 0 Å². The van der Waals surface area contributed by atoms with E-state index in [1.807, 2.05) is 24.3 Å². The first-order chi connectivity index (χ1) is 16.0. The number of para-hydroxylation sites is 2. The molecule has 0 unspecified atom stereocenters. The molecule has 1 aliphatic heterocycles. The van der Waals surface area contributed by atoms with Gasteiger partial charge in [0.05, 0.1) is 22.5 Å². The van der Waals surface area contributed by atoms with Gasteiger partial charge in [0.25, 0.3) is 10.0 Å². The van der Waals surface area contributed by atoms with Crippen LogP contribution >= 0.6 is 0 Å². The molecule has 0 bridgehead atoms. The molecule has 3 aromatic rings. The zero-order valence-electron chi connectivity index (χ0n) is 18.5. The zero-order chi connectivity index (χ0) is 23.0. The Hall–Kier alpha value is -3.32. The van der Waals surface area contributed by atoms with Gasteiger partial charge in [-0.15, -0.1) is 0 Å². The van der Waals surface area contributed by atoms with Crippen molar-refractivity contribution in [2.24, 2.45) is 0 Å². The third-order valence-electron chi connectivity index (χ3n) is 6.22. The number of allylic oxidation sites excluding steroid dienone is 1. The molecule has 1 aliphatic carbocycles. The van der Waals surface area contributed by atoms with Gasteiger partial charge in [0, 0.05) is 17.7 Å². The summed E-state index contributed by atoms with van der Waals surface area (Å²) in [5.74, 6) is 0.360. The number of ketones is 1. The summed E-state index contributed by atoms with van der Waals surface area (Å²) in [6.45, 7) is 2.09. The lowest BCUT2D eigenvalue weighted by Gasteiger charge is -2.33. The van der Waals surface area contributed by atoms with E-state index in [9.17, 15) is 13.2 Å². The lowest BCUT2D eigenvalue weighted by atomic mass is 9.89. The molecule has 0 saturated carbocycles. The molecular weight excluding hydrogens is 436 g/mol. The maximum Gasteiger partial charge on any atom is 0.265 e. The first-order valence-corrected chi connectivity index (χ1v) is 12.7. The molecule has 7 heteroatoms. The Balaban J connectivity index is 1.75. The van der Waals surface area contributed by atoms with E-state index in [0.717, 1.165) is 30.5 Å². The normalized spacial score (nSPS) is 18.4. The van der Waals surface area contributed by atoms with Crippen LogP contribution in [0.5, 0.6) is 0 Å². The summed E-state index contributed by atoms with van der Waals surface area (Å²) in [4.78, 5) is 13.4. The molecule has 0 radical (unpaired) electrons. The highest BCUT2D eigenvalue weighted by Gasteiger charge is 2.43. The number of fused-ring (bicyclic) bond motifs is 1. The van der Waals surface area contributed by atoms with Crippen molar-refractivity contribution in [1.82, 2.24) is 0 Å². The number of furan rings is 1. The SMILES string of the molecule is CCCc1ccc(S(=O)(=O)N2c3ccccc3NC3=C(C(=O)CCC3)[C@@H]2c2ccco2)cc1. The Morgan fingerprint density at radius 3 is 2.55 bits per heavy atom. The summed E-state index contributed by atoms with van der Waals surface area (Å²) < 4.78 is 35.5. The molecule has 2 aliphatic rings. The predicted octanol–water partition coefficient (Wildman–Crippen LogP) is 5.60. The maximum atomic E-state index is 14.2. The van der Waals surface area contributed by atoms with Crippen molar-refractivity contribution < 1.29 is 17.6 Å². The lowest BCUT2D eigenvalue weighted by molar-refractivity contribution is -0.116. The largest absolute Gasteiger partial charge is 0.467 e. The number of anilines is 2. The van der Waals surface area contributed by atoms with E-state index in [4.69, 9.17) is 4.42 Å². The second-order valence-electron chi connectivity index (χ2n) is 8.42. The fraction of sp³-hybridized carbons (Fsp3) is 0.269. The van der Waals surface area contributed by atoms with Crippen molar-refractivity contribution in [3.05, 3.63) is 89.5 Å². The first kappa shape index (κ1) is 21.5. The molecule has 0 fully saturated rings. The predicted molar refractivity (Wildman–Crippen MR) is 127 cm³/mol. The molecule has 2 aromatic carbocycles. The summed E-state index contributed by atoms with van der Waals surface area (Å²) in [6, 6.07) is 16.9. The summed E-state index contributed by atoms with van der Waals surface area (Å²) in [5, 5.41) is 3.37. The first-order valence-electron chi connectivity index (χ1n) is 11.3. The highest BCUT2D eigenvalue weighted by atomic mass is 32.2. The van der Waals surface area contributed by atoms with Crippen LogP contribution in [0.3, 0.4) is 0 Å². The highest BCUT2D eigenvalue weighted by molar-refractivity contribution is 7.92. The fourth-order valence-electron chi connectivity index (χ4n) is 4.70. The van der Waals surface area contributed by atoms with E-state index in [0.29, 0.717) is 35.5 Å². The van der Waals surface area contributed by atoms with Gasteiger partial charge in [-0.05, 0) is 61.2 Å². The standard InChI is InChI=1S/C26H26N2O4S/c1-2-7-18-13-15-19(16-14-18)33(30,31)28-22-10-4-3-8-20(22)27-21-9-5-11-23(29)25(21)26(28)24-12-6-17-32-24/h3-4,6,8,10,12-17,26-27H,2,5,7,9,11H2,1H3/t26-/m0/s1. The molecule has 2 heterocycles. The molecule has 1 aromatic heterocycles. The fourth-order valence-corrected chi connectivity index (χ4v) is 6.32. The molecule has 5 rings (SSSR count). The number of Topliss-reactive ketones (excluding diaryl/α,β-unsaturated/α-hetero) is 1. The minimum Gasteiger partial charge on any atom is -0.467 e. The Morgan fingerprint density at radius 1 is 1.03 bits per heavy atom. The van der Waals surface area contributed by atoms with Crippen molar-refractivity contribution >= 4 is 27.2 Å². The average Bonchev–Trinajstić information content (AvgIpc) is 3.29. The van der Waals surface area contributed by atoms with E-state index >= 15 is 0 Å². The van der Waals surface area contributed by atoms with Crippen LogP contribution in [0.2, 0.25) is 0 Å². The van der Waals surface area contributed by atoms with E-state index in [2.05, 4.69) is 12.2 Å². The highest BCUT2D eigenvalue weighted by Crippen LogP contribution is 2.47. The van der Waals surface area contributed by atoms with Gasteiger partial charge in [0.15, 0.2) is 5.78 Å². The van der Waals surface area contributed by atoms with Crippen molar-refractivity contribution in [2.75, 3.05) is 9.62 Å². The van der Waals surface area contributed by atoms with Crippen LogP contribution in [0.25, 0.3) is 0 Å². The van der Waals surface area contributed by atoms with Crippen molar-refractivity contribution in [1.29, 1.82) is 0 Å². The number of nitrogens with zero attached hydrogens (tertiary/aromatic N) is 1. The summed E-state index contributed by atoms with van der Waals surface area (Å²) in [5.41, 5.74) is 3.44. The molecule has 33 heavy (non-hydrogen) atoms. The van der Waals surface area contributed by atoms with Crippen molar-refractivity contribution in [2.45, 2.75) is 50.0 Å². The molecule has 0 amide bonds. The van der Waals surface area contributed by atoms with E-state index in [-0.39, 0.29) is 10.7 Å². The lowest BCUT2D eigenvalue weighted by Crippen LogP contribution is -2.37. The van der Waals surface area contributed by atoms with E-state index in [1.165, 1.54) is 10.6 Å². The number of hydrogen-bond donors (Lipinski definition) is 1. The summed E-state index contributed by atoms with van der Waals surface area (Å²) >= 11 is 0. The van der Waals surface area contributed by atoms with Gasteiger partial charge in [-0.2, -0.15) is 0 Å². The average molecular weight is 463 g/mol. The van der Waals surface area contributed by atoms with Crippen LogP contribution in [0, 0.1) is 0 Å². The summed E-state index contributed by atoms with van der Waals surface area (Å²) in [6.07, 6.45) is 5.16. The maximum absolute atomic E-state index is 14.2. The van der Waals surface area contributed by atoms with Gasteiger partial charge in [-0.1, -0.05) is 37.6 Å². The Morgan fingerprint density at radius 2 is 1.82 bits per heavy atom. The smallest absolute Gasteiger partial charge is 0.265 e. The molecule has 0 spiro atoms. The number of hydrogen-bond acceptors (Lipinski definition) is 5. The van der Waals surface area contributed by atoms with Crippen molar-refractivity contribution in [3.63, 3.8) is 0 Å². The molecule has 1 atom stereocenters. The molecule has 0 saturated heterocycles. The second kappa shape index (κ2) is 8.56. The zero-order valence-corrected chi connectivity index (χ0v) is 19.3. The summed E-state index contributed by atoms with van der Waals surface area (Å²) in [7, 11) is -4.03. The van der Waals surface area contributed by atoms with Crippen LogP contribution in [0.1, 0.15) is 50.0 Å². The van der Waals surface area contributed by atoms with Gasteiger partial charge in [-0.3, -0.25) is 4.79 Å². The Kier molecular flexibility index (Phi) is 5.58. The molecule has 170 valence electrons. The minimum atomic E-state index is -4.03. The van der Waals surface area contributed by atoms with Crippen LogP contribution in [-0.4, -0.2) is 14.2 Å². The second-order valence-corrected chi connectivity index (χ2v) is 10.2. The van der Waals surface area contributed by atoms with E-state index < -0.39 is 16.1 Å². The Labute approximate surface area is 194 Å². The van der Waals surface area contributed by atoms with E-state index in [1.54, 1.807) is 36.4 Å². The topological polar surface area (TPSA) is 79.6 Å². The molecule has 6 nitrogen and oxygen atoms in total. The quantitative estimate of drug-likeness (QED) is 0.534. The monoisotopic (exact) mass is 462 g/mol. The van der Waals surface area contributed by atoms with Gasteiger partial charge >= 0.3 is 0 Å². The van der Waals surface area contributed by atoms with Gasteiger partial charge in [0.2, 0.25) is 0 Å². The number of sulfonamides is 1. The van der Waals surface area contributed by atoms with Crippen LogP contribution in [0.4, 0.5) is 11.4 Å². The molecular formula is C26H26N2O4S. The van der Waals surface area contributed by atoms with Crippen LogP contribution < -0.4 is 9.62 Å².